The molecule has 1 saturated heterocycles. The molecule has 2 unspecified atom stereocenters. The fourth-order valence-corrected chi connectivity index (χ4v) is 2.79. The fraction of sp³-hybridized carbons (Fsp3) is 0.562. The van der Waals surface area contributed by atoms with Crippen LogP contribution in [0.5, 0.6) is 0 Å². The Balaban J connectivity index is 2.02. The Labute approximate surface area is 128 Å². The summed E-state index contributed by atoms with van der Waals surface area (Å²) < 4.78 is 32.8. The van der Waals surface area contributed by atoms with Crippen LogP contribution >= 0.6 is 0 Å². The van der Waals surface area contributed by atoms with Crippen molar-refractivity contribution in [3.05, 3.63) is 35.4 Å². The minimum Gasteiger partial charge on any atom is -0.396 e. The van der Waals surface area contributed by atoms with Crippen LogP contribution in [0.4, 0.5) is 8.78 Å². The van der Waals surface area contributed by atoms with E-state index in [9.17, 15) is 13.6 Å². The lowest BCUT2D eigenvalue weighted by molar-refractivity contribution is -0.122. The topological polar surface area (TPSA) is 58.6 Å². The summed E-state index contributed by atoms with van der Waals surface area (Å²) in [5, 5.41) is 11.9. The zero-order valence-electron chi connectivity index (χ0n) is 12.6. The molecular formula is C16H21F2NO3. The van der Waals surface area contributed by atoms with Crippen LogP contribution in [0.15, 0.2) is 18.2 Å². The van der Waals surface area contributed by atoms with Gasteiger partial charge in [-0.3, -0.25) is 4.79 Å². The van der Waals surface area contributed by atoms with Crippen molar-refractivity contribution in [3.8, 4) is 0 Å². The summed E-state index contributed by atoms with van der Waals surface area (Å²) in [6.07, 6.45) is 1.27. The van der Waals surface area contributed by atoms with Crippen molar-refractivity contribution in [2.75, 3.05) is 26.4 Å². The smallest absolute Gasteiger partial charge is 0.227 e. The molecule has 0 saturated carbocycles. The molecule has 0 bridgehead atoms. The second-order valence-electron chi connectivity index (χ2n) is 5.85. The summed E-state index contributed by atoms with van der Waals surface area (Å²) in [6.45, 7) is 2.87. The average molecular weight is 313 g/mol. The third-order valence-corrected chi connectivity index (χ3v) is 4.29. The first-order valence-electron chi connectivity index (χ1n) is 7.39. The van der Waals surface area contributed by atoms with Gasteiger partial charge < -0.3 is 15.2 Å². The van der Waals surface area contributed by atoms with Crippen LogP contribution in [-0.2, 0) is 9.53 Å². The van der Waals surface area contributed by atoms with Crippen LogP contribution in [0.1, 0.15) is 31.2 Å². The van der Waals surface area contributed by atoms with Crippen molar-refractivity contribution < 1.29 is 23.4 Å². The Morgan fingerprint density at radius 3 is 2.68 bits per heavy atom. The second kappa shape index (κ2) is 7.15. The summed E-state index contributed by atoms with van der Waals surface area (Å²) in [6, 6.07) is 3.55. The molecule has 1 heterocycles. The highest BCUT2D eigenvalue weighted by Crippen LogP contribution is 2.31. The van der Waals surface area contributed by atoms with Gasteiger partial charge >= 0.3 is 0 Å². The van der Waals surface area contributed by atoms with Crippen LogP contribution in [-0.4, -0.2) is 37.4 Å². The zero-order chi connectivity index (χ0) is 16.2. The summed E-state index contributed by atoms with van der Waals surface area (Å²) in [5.41, 5.74) is -0.517. The van der Waals surface area contributed by atoms with E-state index in [0.29, 0.717) is 26.2 Å². The molecule has 2 rings (SSSR count). The monoisotopic (exact) mass is 313 g/mol. The molecule has 1 aromatic carbocycles. The Hall–Kier alpha value is -1.53. The highest BCUT2D eigenvalue weighted by molar-refractivity contribution is 5.83. The largest absolute Gasteiger partial charge is 0.396 e. The van der Waals surface area contributed by atoms with Gasteiger partial charge in [-0.2, -0.15) is 0 Å². The maximum absolute atomic E-state index is 13.7. The molecule has 0 aliphatic carbocycles. The summed E-state index contributed by atoms with van der Waals surface area (Å²) in [7, 11) is 0. The van der Waals surface area contributed by atoms with E-state index in [2.05, 4.69) is 5.32 Å². The molecule has 0 aromatic heterocycles. The summed E-state index contributed by atoms with van der Waals surface area (Å²) in [5.74, 6) is -2.81. The Kier molecular flexibility index (Phi) is 5.47. The number of nitrogens with one attached hydrogen (secondary N) is 1. The Morgan fingerprint density at radius 2 is 2.14 bits per heavy atom. The van der Waals surface area contributed by atoms with Gasteiger partial charge in [-0.15, -0.1) is 0 Å². The van der Waals surface area contributed by atoms with Crippen molar-refractivity contribution in [2.45, 2.75) is 25.7 Å². The number of amides is 1. The number of hydrogen-bond donors (Lipinski definition) is 2. The number of ether oxygens (including phenoxy) is 1. The third-order valence-electron chi connectivity index (χ3n) is 4.29. The van der Waals surface area contributed by atoms with E-state index in [1.54, 1.807) is 0 Å². The average Bonchev–Trinajstić information content (AvgIpc) is 2.94. The van der Waals surface area contributed by atoms with Gasteiger partial charge in [0.2, 0.25) is 5.91 Å². The van der Waals surface area contributed by atoms with Crippen molar-refractivity contribution in [1.29, 1.82) is 0 Å². The van der Waals surface area contributed by atoms with Gasteiger partial charge in [-0.1, -0.05) is 6.07 Å². The maximum atomic E-state index is 13.7. The first-order chi connectivity index (χ1) is 10.5. The van der Waals surface area contributed by atoms with E-state index in [-0.39, 0.29) is 17.6 Å². The van der Waals surface area contributed by atoms with Gasteiger partial charge in [0.1, 0.15) is 11.6 Å². The Morgan fingerprint density at radius 1 is 1.45 bits per heavy atom. The molecule has 122 valence electrons. The van der Waals surface area contributed by atoms with Crippen LogP contribution in [0.2, 0.25) is 0 Å². The van der Waals surface area contributed by atoms with Crippen LogP contribution in [0, 0.1) is 17.0 Å². The lowest BCUT2D eigenvalue weighted by Gasteiger charge is -2.27. The quantitative estimate of drug-likeness (QED) is 0.844. The predicted molar refractivity (Wildman–Crippen MR) is 77.4 cm³/mol. The van der Waals surface area contributed by atoms with E-state index < -0.39 is 23.5 Å². The normalized spacial score (nSPS) is 22.5. The molecule has 6 heteroatoms. The minimum absolute atomic E-state index is 0.0106. The summed E-state index contributed by atoms with van der Waals surface area (Å²) in [4.78, 5) is 12.2. The van der Waals surface area contributed by atoms with Crippen LogP contribution in [0.25, 0.3) is 0 Å². The number of rotatable bonds is 6. The maximum Gasteiger partial charge on any atom is 0.227 e. The van der Waals surface area contributed by atoms with Gasteiger partial charge in [0, 0.05) is 30.7 Å². The SMILES string of the molecule is CC(C(=O)NCC1(CCO)CCOC1)c1c(F)cccc1F. The van der Waals surface area contributed by atoms with Gasteiger partial charge in [0.15, 0.2) is 0 Å². The predicted octanol–water partition coefficient (Wildman–Crippen LogP) is 1.97. The van der Waals surface area contributed by atoms with E-state index in [4.69, 9.17) is 9.84 Å². The van der Waals surface area contributed by atoms with E-state index in [0.717, 1.165) is 18.6 Å². The van der Waals surface area contributed by atoms with Crippen LogP contribution in [0.3, 0.4) is 0 Å². The number of carbonyl (C=O) groups is 1. The van der Waals surface area contributed by atoms with Gasteiger partial charge in [0.25, 0.3) is 0 Å². The molecule has 2 atom stereocenters. The number of benzene rings is 1. The van der Waals surface area contributed by atoms with Crippen molar-refractivity contribution >= 4 is 5.91 Å². The van der Waals surface area contributed by atoms with Gasteiger partial charge in [-0.25, -0.2) is 8.78 Å². The number of aliphatic hydroxyl groups excluding tert-OH is 1. The number of carbonyl (C=O) groups excluding carboxylic acids is 1. The van der Waals surface area contributed by atoms with Crippen LogP contribution < -0.4 is 5.32 Å². The van der Waals surface area contributed by atoms with E-state index >= 15 is 0 Å². The summed E-state index contributed by atoms with van der Waals surface area (Å²) >= 11 is 0. The molecule has 22 heavy (non-hydrogen) atoms. The first kappa shape index (κ1) is 16.8. The molecule has 2 N–H and O–H groups in total. The lowest BCUT2D eigenvalue weighted by Crippen LogP contribution is -2.40. The standard InChI is InChI=1S/C16H21F2NO3/c1-11(14-12(17)3-2-4-13(14)18)15(21)19-9-16(5-7-20)6-8-22-10-16/h2-4,11,20H,5-10H2,1H3,(H,19,21). The van der Waals surface area contributed by atoms with E-state index in [1.807, 2.05) is 0 Å². The molecule has 1 amide bonds. The molecule has 4 nitrogen and oxygen atoms in total. The van der Waals surface area contributed by atoms with E-state index in [1.165, 1.54) is 13.0 Å². The zero-order valence-corrected chi connectivity index (χ0v) is 12.6. The molecule has 1 aromatic rings. The molecule has 0 radical (unpaired) electrons. The molecule has 1 aliphatic heterocycles. The molecule has 1 fully saturated rings. The first-order valence-corrected chi connectivity index (χ1v) is 7.39. The van der Waals surface area contributed by atoms with Crippen molar-refractivity contribution in [3.63, 3.8) is 0 Å². The van der Waals surface area contributed by atoms with Gasteiger partial charge in [0.05, 0.1) is 12.5 Å². The Bertz CT molecular complexity index is 510. The second-order valence-corrected chi connectivity index (χ2v) is 5.85. The highest BCUT2D eigenvalue weighted by Gasteiger charge is 2.35. The number of aliphatic hydroxyl groups is 1. The highest BCUT2D eigenvalue weighted by atomic mass is 19.1. The van der Waals surface area contributed by atoms with Gasteiger partial charge in [-0.05, 0) is 31.9 Å². The number of halogens is 2. The van der Waals surface area contributed by atoms with Crippen molar-refractivity contribution in [1.82, 2.24) is 5.32 Å². The number of hydrogen-bond acceptors (Lipinski definition) is 3. The molecular weight excluding hydrogens is 292 g/mol. The third kappa shape index (κ3) is 3.62. The molecule has 0 spiro atoms. The minimum atomic E-state index is -0.922. The fourth-order valence-electron chi connectivity index (χ4n) is 2.79. The lowest BCUT2D eigenvalue weighted by atomic mass is 9.83. The van der Waals surface area contributed by atoms with Crippen molar-refractivity contribution in [2.24, 2.45) is 5.41 Å². The molecule has 1 aliphatic rings.